The molecule has 4 aromatic rings. The first-order valence-corrected chi connectivity index (χ1v) is 15.3. The van der Waals surface area contributed by atoms with Gasteiger partial charge in [-0.2, -0.15) is 0 Å². The van der Waals surface area contributed by atoms with Crippen molar-refractivity contribution in [3.63, 3.8) is 0 Å². The Hall–Kier alpha value is -3.71. The van der Waals surface area contributed by atoms with Gasteiger partial charge >= 0.3 is 5.97 Å². The van der Waals surface area contributed by atoms with E-state index in [4.69, 9.17) is 14.5 Å². The van der Waals surface area contributed by atoms with Crippen molar-refractivity contribution in [3.8, 4) is 17.0 Å². The average Bonchev–Trinajstić information content (AvgIpc) is 3.32. The van der Waals surface area contributed by atoms with Crippen LogP contribution in [0.2, 0.25) is 0 Å². The van der Waals surface area contributed by atoms with E-state index in [-0.39, 0.29) is 23.9 Å². The fourth-order valence-electron chi connectivity index (χ4n) is 5.48. The summed E-state index contributed by atoms with van der Waals surface area (Å²) in [6.07, 6.45) is 3.62. The molecule has 0 saturated heterocycles. The van der Waals surface area contributed by atoms with E-state index in [1.807, 2.05) is 54.6 Å². The zero-order chi connectivity index (χ0) is 29.1. The first kappa shape index (κ1) is 28.8. The highest BCUT2D eigenvalue weighted by Crippen LogP contribution is 2.44. The van der Waals surface area contributed by atoms with Gasteiger partial charge in [-0.05, 0) is 73.8 Å². The number of fused-ring (bicyclic) bond motifs is 2. The van der Waals surface area contributed by atoms with Crippen molar-refractivity contribution >= 4 is 39.1 Å². The van der Waals surface area contributed by atoms with Crippen LogP contribution in [0.25, 0.3) is 22.2 Å². The van der Waals surface area contributed by atoms with Gasteiger partial charge in [0.1, 0.15) is 10.8 Å². The summed E-state index contributed by atoms with van der Waals surface area (Å²) >= 11 is 1.51. The Labute approximate surface area is 246 Å². The smallest absolute Gasteiger partial charge is 0.341 e. The number of ether oxygens (including phenoxy) is 2. The molecule has 2 aromatic heterocycles. The number of esters is 1. The average molecular weight is 571 g/mol. The van der Waals surface area contributed by atoms with Gasteiger partial charge in [0.15, 0.2) is 0 Å². The first-order valence-electron chi connectivity index (χ1n) is 14.5. The molecule has 0 radical (unpaired) electrons. The van der Waals surface area contributed by atoms with Crippen molar-refractivity contribution in [1.82, 2.24) is 4.98 Å². The first-order chi connectivity index (χ1) is 19.7. The van der Waals surface area contributed by atoms with Crippen molar-refractivity contribution in [1.29, 1.82) is 0 Å². The topological polar surface area (TPSA) is 77.5 Å². The number of aromatic nitrogens is 1. The Balaban J connectivity index is 1.54. The van der Waals surface area contributed by atoms with Crippen molar-refractivity contribution in [2.24, 2.45) is 11.3 Å². The molecule has 2 heterocycles. The van der Waals surface area contributed by atoms with Crippen molar-refractivity contribution in [2.75, 3.05) is 18.5 Å². The Kier molecular flexibility index (Phi) is 8.45. The monoisotopic (exact) mass is 570 g/mol. The van der Waals surface area contributed by atoms with Crippen LogP contribution >= 0.6 is 11.3 Å². The molecule has 0 fully saturated rings. The standard InChI is InChI=1S/C34H38N2O4S/c1-6-17-40-23-12-10-11-21(18-23)28-20-26(24-13-8-9-14-27(24)35-28)31(37)36-32-30(33(38)39-7-2)25-16-15-22(34(3,4)5)19-29(25)41-32/h8-14,18,20,22H,6-7,15-17,19H2,1-5H3,(H,36,37). The third kappa shape index (κ3) is 6.15. The molecule has 0 bridgehead atoms. The fraction of sp³-hybridized carbons (Fsp3) is 0.382. The predicted octanol–water partition coefficient (Wildman–Crippen LogP) is 8.33. The fourth-order valence-corrected chi connectivity index (χ4v) is 6.79. The van der Waals surface area contributed by atoms with Crippen LogP contribution in [0, 0.1) is 11.3 Å². The number of para-hydroxylation sites is 1. The highest BCUT2D eigenvalue weighted by atomic mass is 32.1. The van der Waals surface area contributed by atoms with Crippen molar-refractivity contribution < 1.29 is 19.1 Å². The van der Waals surface area contributed by atoms with E-state index in [9.17, 15) is 9.59 Å². The summed E-state index contributed by atoms with van der Waals surface area (Å²) in [4.78, 5) is 33.2. The van der Waals surface area contributed by atoms with E-state index in [2.05, 4.69) is 33.0 Å². The number of pyridine rings is 1. The quantitative estimate of drug-likeness (QED) is 0.216. The van der Waals surface area contributed by atoms with Crippen LogP contribution in [0.1, 0.15) is 78.6 Å². The number of carbonyl (C=O) groups is 2. The minimum absolute atomic E-state index is 0.167. The van der Waals surface area contributed by atoms with Crippen LogP contribution in [0.15, 0.2) is 54.6 Å². The Bertz CT molecular complexity index is 1580. The molecule has 1 aliphatic rings. The molecule has 7 heteroatoms. The Morgan fingerprint density at radius 2 is 1.88 bits per heavy atom. The number of benzene rings is 2. The lowest BCUT2D eigenvalue weighted by Gasteiger charge is -2.33. The molecule has 5 rings (SSSR count). The number of amides is 1. The van der Waals surface area contributed by atoms with Gasteiger partial charge in [0.05, 0.1) is 35.6 Å². The van der Waals surface area contributed by atoms with Crippen molar-refractivity contribution in [3.05, 3.63) is 76.2 Å². The summed E-state index contributed by atoms with van der Waals surface area (Å²) in [6.45, 7) is 11.6. The van der Waals surface area contributed by atoms with E-state index in [1.54, 1.807) is 6.92 Å². The third-order valence-corrected chi connectivity index (χ3v) is 8.93. The maximum Gasteiger partial charge on any atom is 0.341 e. The van der Waals surface area contributed by atoms with Crippen molar-refractivity contribution in [2.45, 2.75) is 60.3 Å². The lowest BCUT2D eigenvalue weighted by Crippen LogP contribution is -2.26. The van der Waals surface area contributed by atoms with E-state index < -0.39 is 0 Å². The summed E-state index contributed by atoms with van der Waals surface area (Å²) in [5, 5.41) is 4.42. The number of anilines is 1. The van der Waals surface area contributed by atoms with E-state index >= 15 is 0 Å². The molecule has 1 atom stereocenters. The van der Waals surface area contributed by atoms with Crippen LogP contribution in [0.3, 0.4) is 0 Å². The van der Waals surface area contributed by atoms with Crippen LogP contribution < -0.4 is 10.1 Å². The molecule has 0 aliphatic heterocycles. The van der Waals surface area contributed by atoms with Gasteiger partial charge in [0.25, 0.3) is 5.91 Å². The predicted molar refractivity (Wildman–Crippen MR) is 166 cm³/mol. The number of thiophene rings is 1. The molecule has 0 saturated carbocycles. The van der Waals surface area contributed by atoms with Gasteiger partial charge in [0.2, 0.25) is 0 Å². The summed E-state index contributed by atoms with van der Waals surface area (Å²) in [6, 6.07) is 17.2. The summed E-state index contributed by atoms with van der Waals surface area (Å²) < 4.78 is 11.3. The SMILES string of the molecule is CCCOc1cccc(-c2cc(C(=O)Nc3sc4c(c3C(=O)OCC)CCC(C(C)(C)C)C4)c3ccccc3n2)c1. The molecule has 2 aromatic carbocycles. The lowest BCUT2D eigenvalue weighted by atomic mass is 9.72. The second-order valence-electron chi connectivity index (χ2n) is 11.6. The molecule has 0 spiro atoms. The molecular weight excluding hydrogens is 532 g/mol. The minimum atomic E-state index is -0.376. The zero-order valence-corrected chi connectivity index (χ0v) is 25.3. The zero-order valence-electron chi connectivity index (χ0n) is 24.5. The molecule has 41 heavy (non-hydrogen) atoms. The van der Waals surface area contributed by atoms with Gasteiger partial charge < -0.3 is 14.8 Å². The highest BCUT2D eigenvalue weighted by molar-refractivity contribution is 7.17. The maximum absolute atomic E-state index is 14.0. The van der Waals surface area contributed by atoms with E-state index in [0.29, 0.717) is 34.3 Å². The van der Waals surface area contributed by atoms with Gasteiger partial charge in [-0.1, -0.05) is 58.0 Å². The maximum atomic E-state index is 14.0. The number of nitrogens with zero attached hydrogens (tertiary/aromatic N) is 1. The van der Waals surface area contributed by atoms with Crippen LogP contribution in [0.4, 0.5) is 5.00 Å². The van der Waals surface area contributed by atoms with Crippen LogP contribution in [-0.2, 0) is 17.6 Å². The molecule has 1 amide bonds. The number of carbonyl (C=O) groups excluding carboxylic acids is 2. The molecule has 214 valence electrons. The number of hydrogen-bond donors (Lipinski definition) is 1. The number of nitrogens with one attached hydrogen (secondary N) is 1. The Morgan fingerprint density at radius 3 is 2.63 bits per heavy atom. The van der Waals surface area contributed by atoms with Gasteiger partial charge in [-0.15, -0.1) is 11.3 Å². The minimum Gasteiger partial charge on any atom is -0.494 e. The second-order valence-corrected chi connectivity index (χ2v) is 12.7. The van der Waals surface area contributed by atoms with E-state index in [0.717, 1.165) is 53.5 Å². The van der Waals surface area contributed by atoms with E-state index in [1.165, 1.54) is 16.2 Å². The van der Waals surface area contributed by atoms with Crippen LogP contribution in [0.5, 0.6) is 5.75 Å². The molecule has 1 N–H and O–H groups in total. The molecule has 1 aliphatic carbocycles. The molecule has 6 nitrogen and oxygen atoms in total. The number of rotatable bonds is 8. The lowest BCUT2D eigenvalue weighted by molar-refractivity contribution is 0.0526. The summed E-state index contributed by atoms with van der Waals surface area (Å²) in [5.41, 5.74) is 4.46. The van der Waals surface area contributed by atoms with Gasteiger partial charge in [0, 0.05) is 15.8 Å². The van der Waals surface area contributed by atoms with Gasteiger partial charge in [-0.25, -0.2) is 9.78 Å². The second kappa shape index (κ2) is 12.0. The third-order valence-electron chi connectivity index (χ3n) is 7.76. The van der Waals surface area contributed by atoms with Crippen LogP contribution in [-0.4, -0.2) is 30.1 Å². The Morgan fingerprint density at radius 1 is 1.07 bits per heavy atom. The molecular formula is C34H38N2O4S. The highest BCUT2D eigenvalue weighted by Gasteiger charge is 2.34. The normalized spacial score (nSPS) is 14.9. The number of hydrogen-bond acceptors (Lipinski definition) is 6. The largest absolute Gasteiger partial charge is 0.494 e. The van der Waals surface area contributed by atoms with Gasteiger partial charge in [-0.3, -0.25) is 4.79 Å². The molecule has 1 unspecified atom stereocenters. The summed E-state index contributed by atoms with van der Waals surface area (Å²) in [5.74, 6) is 0.622. The summed E-state index contributed by atoms with van der Waals surface area (Å²) in [7, 11) is 0.